The van der Waals surface area contributed by atoms with Crippen molar-refractivity contribution in [3.8, 4) is 18.1 Å². The van der Waals surface area contributed by atoms with Gasteiger partial charge in [-0.25, -0.2) is 4.31 Å². The van der Waals surface area contributed by atoms with Crippen LogP contribution < -0.4 is 10.1 Å². The van der Waals surface area contributed by atoms with Crippen LogP contribution in [0.25, 0.3) is 0 Å². The van der Waals surface area contributed by atoms with E-state index in [4.69, 9.17) is 25.4 Å². The summed E-state index contributed by atoms with van der Waals surface area (Å²) in [6.45, 7) is 7.26. The molecule has 0 fully saturated rings. The van der Waals surface area contributed by atoms with Gasteiger partial charge in [-0.15, -0.1) is 6.42 Å². The molecule has 0 bridgehead atoms. The van der Waals surface area contributed by atoms with E-state index in [-0.39, 0.29) is 0 Å². The Morgan fingerprint density at radius 2 is 1.74 bits per heavy atom. The van der Waals surface area contributed by atoms with Gasteiger partial charge in [0.2, 0.25) is 0 Å². The summed E-state index contributed by atoms with van der Waals surface area (Å²) in [4.78, 5) is 1.09. The highest BCUT2D eigenvalue weighted by Gasteiger charge is 2.07. The first-order valence-corrected chi connectivity index (χ1v) is 9.96. The molecule has 1 aromatic rings. The number of nitrogens with one attached hydrogen (secondary N) is 1. The SMILES string of the molecule is C#CCNc1ccc(SN(C)CCOCCOCCOCCC)cc1OC. The number of nitrogens with zero attached hydrogens (tertiary/aromatic N) is 1. The van der Waals surface area contributed by atoms with Crippen molar-refractivity contribution in [2.75, 3.05) is 72.2 Å². The van der Waals surface area contributed by atoms with Gasteiger partial charge in [-0.3, -0.25) is 0 Å². The number of methoxy groups -OCH3 is 1. The summed E-state index contributed by atoms with van der Waals surface area (Å²) in [6.07, 6.45) is 6.32. The lowest BCUT2D eigenvalue weighted by Crippen LogP contribution is -2.18. The zero-order valence-corrected chi connectivity index (χ0v) is 17.5. The molecule has 0 heterocycles. The monoisotopic (exact) mass is 396 g/mol. The van der Waals surface area contributed by atoms with E-state index in [9.17, 15) is 0 Å². The highest BCUT2D eigenvalue weighted by molar-refractivity contribution is 7.97. The average molecular weight is 397 g/mol. The number of hydrogen-bond donors (Lipinski definition) is 1. The van der Waals surface area contributed by atoms with Crippen molar-refractivity contribution in [3.05, 3.63) is 18.2 Å². The van der Waals surface area contributed by atoms with E-state index in [1.54, 1.807) is 19.1 Å². The van der Waals surface area contributed by atoms with Crippen LogP contribution in [0.15, 0.2) is 23.1 Å². The van der Waals surface area contributed by atoms with Crippen LogP contribution >= 0.6 is 11.9 Å². The van der Waals surface area contributed by atoms with Gasteiger partial charge in [0.25, 0.3) is 0 Å². The fourth-order valence-corrected chi connectivity index (χ4v) is 2.94. The van der Waals surface area contributed by atoms with E-state index < -0.39 is 0 Å². The van der Waals surface area contributed by atoms with Gasteiger partial charge in [-0.05, 0) is 43.6 Å². The summed E-state index contributed by atoms with van der Waals surface area (Å²) in [5.74, 6) is 3.34. The molecule has 0 saturated carbocycles. The molecule has 152 valence electrons. The molecule has 0 aliphatic heterocycles. The van der Waals surface area contributed by atoms with Crippen molar-refractivity contribution in [2.45, 2.75) is 18.2 Å². The summed E-state index contributed by atoms with van der Waals surface area (Å²) in [5, 5.41) is 3.14. The second-order valence-electron chi connectivity index (χ2n) is 5.70. The fraction of sp³-hybridized carbons (Fsp3) is 0.600. The molecular formula is C20H32N2O4S. The van der Waals surface area contributed by atoms with Gasteiger partial charge < -0.3 is 24.3 Å². The minimum Gasteiger partial charge on any atom is -0.495 e. The van der Waals surface area contributed by atoms with Crippen molar-refractivity contribution in [2.24, 2.45) is 0 Å². The van der Waals surface area contributed by atoms with Gasteiger partial charge >= 0.3 is 0 Å². The Hall–Kier alpha value is -1.43. The Morgan fingerprint density at radius 3 is 2.37 bits per heavy atom. The van der Waals surface area contributed by atoms with Crippen molar-refractivity contribution in [3.63, 3.8) is 0 Å². The number of terminal acetylenes is 1. The van der Waals surface area contributed by atoms with Gasteiger partial charge in [0.15, 0.2) is 0 Å². The van der Waals surface area contributed by atoms with Crippen LogP contribution in [0.2, 0.25) is 0 Å². The molecule has 0 amide bonds. The fourth-order valence-electron chi connectivity index (χ4n) is 2.13. The molecule has 0 radical (unpaired) electrons. The summed E-state index contributed by atoms with van der Waals surface area (Å²) >= 11 is 1.64. The third-order valence-electron chi connectivity index (χ3n) is 3.46. The molecule has 0 atom stereocenters. The molecule has 6 nitrogen and oxygen atoms in total. The minimum atomic E-state index is 0.468. The lowest BCUT2D eigenvalue weighted by atomic mass is 10.3. The zero-order chi connectivity index (χ0) is 19.7. The number of anilines is 1. The van der Waals surface area contributed by atoms with Gasteiger partial charge in [0.05, 0.1) is 52.4 Å². The number of ether oxygens (including phenoxy) is 4. The topological polar surface area (TPSA) is 52.2 Å². The summed E-state index contributed by atoms with van der Waals surface area (Å²) < 4.78 is 23.9. The second-order valence-corrected chi connectivity index (χ2v) is 6.98. The van der Waals surface area contributed by atoms with Gasteiger partial charge in [0, 0.05) is 18.0 Å². The number of benzene rings is 1. The molecule has 1 N–H and O–H groups in total. The molecule has 0 spiro atoms. The predicted molar refractivity (Wildman–Crippen MR) is 112 cm³/mol. The van der Waals surface area contributed by atoms with Crippen LogP contribution in [0.1, 0.15) is 13.3 Å². The summed E-state index contributed by atoms with van der Waals surface area (Å²) in [5.41, 5.74) is 0.894. The largest absolute Gasteiger partial charge is 0.495 e. The molecule has 27 heavy (non-hydrogen) atoms. The molecule has 0 aliphatic carbocycles. The first kappa shape index (κ1) is 23.6. The van der Waals surface area contributed by atoms with Crippen molar-refractivity contribution in [1.82, 2.24) is 4.31 Å². The molecule has 0 unspecified atom stereocenters. The Morgan fingerprint density at radius 1 is 1.07 bits per heavy atom. The number of hydrogen-bond acceptors (Lipinski definition) is 7. The molecule has 7 heteroatoms. The predicted octanol–water partition coefficient (Wildman–Crippen LogP) is 3.14. The third kappa shape index (κ3) is 11.1. The highest BCUT2D eigenvalue weighted by atomic mass is 32.2. The van der Waals surface area contributed by atoms with Crippen LogP contribution in [-0.4, -0.2) is 71.2 Å². The maximum absolute atomic E-state index is 5.60. The maximum Gasteiger partial charge on any atom is 0.143 e. The second kappa shape index (κ2) is 15.6. The van der Waals surface area contributed by atoms with E-state index in [1.165, 1.54) is 0 Å². The van der Waals surface area contributed by atoms with E-state index in [2.05, 4.69) is 22.5 Å². The van der Waals surface area contributed by atoms with Crippen LogP contribution in [0.4, 0.5) is 5.69 Å². The Labute approximate surface area is 168 Å². The van der Waals surface area contributed by atoms with Gasteiger partial charge in [-0.2, -0.15) is 0 Å². The minimum absolute atomic E-state index is 0.468. The zero-order valence-electron chi connectivity index (χ0n) is 16.7. The van der Waals surface area contributed by atoms with Crippen LogP contribution in [-0.2, 0) is 14.2 Å². The lowest BCUT2D eigenvalue weighted by Gasteiger charge is -2.17. The Balaban J connectivity index is 2.17. The van der Waals surface area contributed by atoms with Crippen molar-refractivity contribution < 1.29 is 18.9 Å². The number of rotatable bonds is 16. The standard InChI is InChI=1S/C20H32N2O4S/c1-5-9-21-19-8-7-18(17-20(19)23-4)27-22(3)10-12-25-14-16-26-15-13-24-11-6-2/h1,7-8,17,21H,6,9-16H2,2-4H3. The molecule has 0 saturated heterocycles. The van der Waals surface area contributed by atoms with Crippen molar-refractivity contribution in [1.29, 1.82) is 0 Å². The van der Waals surface area contributed by atoms with Crippen molar-refractivity contribution >= 4 is 17.6 Å². The van der Waals surface area contributed by atoms with Gasteiger partial charge in [-0.1, -0.05) is 12.8 Å². The van der Waals surface area contributed by atoms with E-state index in [1.807, 2.05) is 25.2 Å². The third-order valence-corrected chi connectivity index (χ3v) is 4.42. The number of likely N-dealkylation sites (N-methyl/N-ethyl adjacent to an activating group) is 1. The molecule has 0 aromatic heterocycles. The van der Waals surface area contributed by atoms with Crippen LogP contribution in [0.5, 0.6) is 5.75 Å². The molecule has 1 rings (SSSR count). The van der Waals surface area contributed by atoms with E-state index in [0.29, 0.717) is 39.6 Å². The molecule has 0 aliphatic rings. The van der Waals surface area contributed by atoms with Crippen LogP contribution in [0.3, 0.4) is 0 Å². The normalized spacial score (nSPS) is 10.8. The summed E-state index contributed by atoms with van der Waals surface area (Å²) in [7, 11) is 3.69. The Bertz CT molecular complexity index is 551. The Kier molecular flexibility index (Phi) is 13.7. The average Bonchev–Trinajstić information content (AvgIpc) is 2.68. The van der Waals surface area contributed by atoms with Crippen LogP contribution in [0, 0.1) is 12.3 Å². The quantitative estimate of drug-likeness (QED) is 0.262. The molecular weight excluding hydrogens is 364 g/mol. The first-order valence-electron chi connectivity index (χ1n) is 9.19. The lowest BCUT2D eigenvalue weighted by molar-refractivity contribution is 0.0140. The van der Waals surface area contributed by atoms with Gasteiger partial charge in [0.1, 0.15) is 5.75 Å². The smallest absolute Gasteiger partial charge is 0.143 e. The first-order chi connectivity index (χ1) is 13.2. The maximum atomic E-state index is 5.60. The molecule has 1 aromatic carbocycles. The van der Waals surface area contributed by atoms with E-state index >= 15 is 0 Å². The summed E-state index contributed by atoms with van der Waals surface area (Å²) in [6, 6.07) is 6.01. The highest BCUT2D eigenvalue weighted by Crippen LogP contribution is 2.31. The van der Waals surface area contributed by atoms with E-state index in [0.717, 1.165) is 35.9 Å².